The van der Waals surface area contributed by atoms with Gasteiger partial charge in [0.15, 0.2) is 0 Å². The normalized spacial score (nSPS) is 12.4. The maximum absolute atomic E-state index is 15.6. The Balaban J connectivity index is 1.77. The number of carbonyl (C=O) groups is 1. The molecule has 0 fully saturated rings. The van der Waals surface area contributed by atoms with Gasteiger partial charge in [-0.05, 0) is 59.0 Å². The molecule has 0 radical (unpaired) electrons. The smallest absolute Gasteiger partial charge is 0.338 e. The molecule has 1 aromatic heterocycles. The van der Waals surface area contributed by atoms with E-state index >= 15 is 4.39 Å². The van der Waals surface area contributed by atoms with E-state index in [1.54, 1.807) is 31.4 Å². The van der Waals surface area contributed by atoms with E-state index in [0.29, 0.717) is 22.3 Å². The number of carboxylic acids is 1. The predicted molar refractivity (Wildman–Crippen MR) is 136 cm³/mol. The summed E-state index contributed by atoms with van der Waals surface area (Å²) >= 11 is 0. The highest BCUT2D eigenvalue weighted by Gasteiger charge is 2.24. The van der Waals surface area contributed by atoms with Crippen LogP contribution in [0.15, 0.2) is 88.9 Å². The average Bonchev–Trinajstić information content (AvgIpc) is 2.87. The Kier molecular flexibility index (Phi) is 7.29. The molecule has 188 valence electrons. The van der Waals surface area contributed by atoms with Gasteiger partial charge < -0.3 is 14.9 Å². The van der Waals surface area contributed by atoms with E-state index in [2.05, 4.69) is 5.16 Å². The molecule has 0 saturated heterocycles. The zero-order valence-electron chi connectivity index (χ0n) is 20.2. The minimum Gasteiger partial charge on any atom is -0.478 e. The zero-order chi connectivity index (χ0) is 26.7. The van der Waals surface area contributed by atoms with Crippen LogP contribution in [0.1, 0.15) is 45.0 Å². The number of aryl methyl sites for hydroxylation is 2. The van der Waals surface area contributed by atoms with Crippen LogP contribution in [0.5, 0.6) is 0 Å². The van der Waals surface area contributed by atoms with Gasteiger partial charge in [0.2, 0.25) is 5.56 Å². The van der Waals surface area contributed by atoms with Crippen LogP contribution in [0, 0.1) is 18.6 Å². The molecule has 0 amide bonds. The molecule has 1 heterocycles. The van der Waals surface area contributed by atoms with Crippen LogP contribution in [0.4, 0.5) is 8.78 Å². The van der Waals surface area contributed by atoms with Gasteiger partial charge >= 0.3 is 5.97 Å². The third-order valence-electron chi connectivity index (χ3n) is 6.41. The Morgan fingerprint density at radius 3 is 2.22 bits per heavy atom. The fourth-order valence-electron chi connectivity index (χ4n) is 4.40. The van der Waals surface area contributed by atoms with Gasteiger partial charge in [-0.15, -0.1) is 0 Å². The van der Waals surface area contributed by atoms with Crippen LogP contribution < -0.4 is 5.56 Å². The average molecular weight is 503 g/mol. The second-order valence-corrected chi connectivity index (χ2v) is 8.76. The van der Waals surface area contributed by atoms with Crippen molar-refractivity contribution in [1.82, 2.24) is 4.57 Å². The summed E-state index contributed by atoms with van der Waals surface area (Å²) in [5.41, 5.74) is 2.93. The zero-order valence-corrected chi connectivity index (χ0v) is 20.2. The van der Waals surface area contributed by atoms with E-state index < -0.39 is 29.1 Å². The summed E-state index contributed by atoms with van der Waals surface area (Å²) in [7, 11) is 1.59. The number of rotatable bonds is 7. The Labute approximate surface area is 211 Å². The third kappa shape index (κ3) is 5.33. The molecule has 0 aliphatic rings. The van der Waals surface area contributed by atoms with Gasteiger partial charge in [0.05, 0.1) is 11.3 Å². The maximum atomic E-state index is 15.6. The topological polar surface area (TPSA) is 91.9 Å². The van der Waals surface area contributed by atoms with Gasteiger partial charge in [-0.3, -0.25) is 4.79 Å². The Morgan fingerprint density at radius 1 is 0.946 bits per heavy atom. The standard InChI is InChI=1S/C29H24F2N2O4/c1-17-5-3-4-6-21(17)24(15-27(32-37)20-9-12-28(34)33(2)16-20)22-10-7-18(13-25(22)30)19-8-11-23(29(35)36)26(31)14-19/h3-14,16,24,37H,15H2,1-2H3,(H,35,36)/b32-27+. The van der Waals surface area contributed by atoms with Crippen LogP contribution in [0.2, 0.25) is 0 Å². The van der Waals surface area contributed by atoms with Gasteiger partial charge in [-0.2, -0.15) is 0 Å². The Hall–Kier alpha value is -4.59. The van der Waals surface area contributed by atoms with Crippen molar-refractivity contribution in [3.63, 3.8) is 0 Å². The molecule has 0 spiro atoms. The second-order valence-electron chi connectivity index (χ2n) is 8.76. The molecule has 3 aromatic carbocycles. The van der Waals surface area contributed by atoms with Gasteiger partial charge in [0.25, 0.3) is 0 Å². The number of nitrogens with zero attached hydrogens (tertiary/aromatic N) is 2. The highest BCUT2D eigenvalue weighted by molar-refractivity contribution is 6.00. The molecular formula is C29H24F2N2O4. The first-order chi connectivity index (χ1) is 17.7. The number of aromatic nitrogens is 1. The number of hydrogen-bond acceptors (Lipinski definition) is 4. The molecule has 2 N–H and O–H groups in total. The van der Waals surface area contributed by atoms with Gasteiger partial charge in [-0.25, -0.2) is 13.6 Å². The van der Waals surface area contributed by atoms with Crippen LogP contribution in [0.3, 0.4) is 0 Å². The van der Waals surface area contributed by atoms with E-state index in [1.165, 1.54) is 22.8 Å². The first kappa shape index (κ1) is 25.5. The molecule has 6 nitrogen and oxygen atoms in total. The van der Waals surface area contributed by atoms with Crippen molar-refractivity contribution in [2.75, 3.05) is 0 Å². The molecule has 4 aromatic rings. The summed E-state index contributed by atoms with van der Waals surface area (Å²) in [6.07, 6.45) is 1.69. The minimum atomic E-state index is -1.38. The van der Waals surface area contributed by atoms with Crippen molar-refractivity contribution in [1.29, 1.82) is 0 Å². The lowest BCUT2D eigenvalue weighted by Crippen LogP contribution is -2.18. The van der Waals surface area contributed by atoms with E-state index in [0.717, 1.165) is 23.3 Å². The van der Waals surface area contributed by atoms with E-state index in [4.69, 9.17) is 5.11 Å². The molecule has 1 atom stereocenters. The van der Waals surface area contributed by atoms with Crippen molar-refractivity contribution >= 4 is 11.7 Å². The maximum Gasteiger partial charge on any atom is 0.338 e. The number of benzene rings is 3. The molecule has 0 aliphatic heterocycles. The van der Waals surface area contributed by atoms with Crippen LogP contribution >= 0.6 is 0 Å². The fourth-order valence-corrected chi connectivity index (χ4v) is 4.40. The number of aromatic carboxylic acids is 1. The molecule has 1 unspecified atom stereocenters. The number of halogens is 2. The SMILES string of the molecule is Cc1ccccc1C(C/C(=N\O)c1ccc(=O)n(C)c1)c1ccc(-c2ccc(C(=O)O)c(F)c2)cc1F. The monoisotopic (exact) mass is 502 g/mol. The molecule has 0 bridgehead atoms. The summed E-state index contributed by atoms with van der Waals surface area (Å²) < 4.78 is 31.2. The Morgan fingerprint density at radius 2 is 1.62 bits per heavy atom. The third-order valence-corrected chi connectivity index (χ3v) is 6.41. The largest absolute Gasteiger partial charge is 0.478 e. The van der Waals surface area contributed by atoms with Crippen LogP contribution in [0.25, 0.3) is 11.1 Å². The summed E-state index contributed by atoms with van der Waals surface area (Å²) in [5, 5.41) is 22.4. The summed E-state index contributed by atoms with van der Waals surface area (Å²) in [6, 6.07) is 18.6. The molecule has 37 heavy (non-hydrogen) atoms. The molecule has 4 rings (SSSR count). The highest BCUT2D eigenvalue weighted by Crippen LogP contribution is 2.35. The molecule has 0 aliphatic carbocycles. The van der Waals surface area contributed by atoms with Crippen LogP contribution in [-0.4, -0.2) is 26.6 Å². The van der Waals surface area contributed by atoms with E-state index in [9.17, 15) is 19.2 Å². The first-order valence-electron chi connectivity index (χ1n) is 11.5. The van der Waals surface area contributed by atoms with E-state index in [1.807, 2.05) is 31.2 Å². The van der Waals surface area contributed by atoms with Gasteiger partial charge in [0.1, 0.15) is 11.6 Å². The van der Waals surface area contributed by atoms with Crippen molar-refractivity contribution in [3.05, 3.63) is 129 Å². The quantitative estimate of drug-likeness (QED) is 0.192. The second kappa shape index (κ2) is 10.6. The number of pyridine rings is 1. The lowest BCUT2D eigenvalue weighted by Gasteiger charge is -2.22. The lowest BCUT2D eigenvalue weighted by atomic mass is 9.83. The Bertz CT molecular complexity index is 1580. The predicted octanol–water partition coefficient (Wildman–Crippen LogP) is 5.74. The van der Waals surface area contributed by atoms with Gasteiger partial charge in [-0.1, -0.05) is 47.6 Å². The fraction of sp³-hybridized carbons (Fsp3) is 0.138. The molecule has 8 heteroatoms. The number of oxime groups is 1. The summed E-state index contributed by atoms with van der Waals surface area (Å²) in [6.45, 7) is 1.91. The lowest BCUT2D eigenvalue weighted by molar-refractivity contribution is 0.0692. The summed E-state index contributed by atoms with van der Waals surface area (Å²) in [5.74, 6) is -3.38. The number of carboxylic acid groups (broad SMARTS) is 1. The highest BCUT2D eigenvalue weighted by atomic mass is 19.1. The minimum absolute atomic E-state index is 0.137. The van der Waals surface area contributed by atoms with Crippen molar-refractivity contribution in [2.45, 2.75) is 19.3 Å². The van der Waals surface area contributed by atoms with Gasteiger partial charge in [0, 0.05) is 37.2 Å². The van der Waals surface area contributed by atoms with Crippen molar-refractivity contribution < 1.29 is 23.9 Å². The van der Waals surface area contributed by atoms with Crippen LogP contribution in [-0.2, 0) is 7.05 Å². The first-order valence-corrected chi connectivity index (χ1v) is 11.5. The van der Waals surface area contributed by atoms with E-state index in [-0.39, 0.29) is 17.7 Å². The molecular weight excluding hydrogens is 478 g/mol. The summed E-state index contributed by atoms with van der Waals surface area (Å²) in [4.78, 5) is 22.9. The number of hydrogen-bond donors (Lipinski definition) is 2. The van der Waals surface area contributed by atoms with Crippen molar-refractivity contribution in [2.24, 2.45) is 12.2 Å². The van der Waals surface area contributed by atoms with Crippen molar-refractivity contribution in [3.8, 4) is 11.1 Å². The molecule has 0 saturated carbocycles.